The third kappa shape index (κ3) is 38.5. The van der Waals surface area contributed by atoms with Gasteiger partial charge in [-0.05, 0) is 70.3 Å². The van der Waals surface area contributed by atoms with Crippen molar-refractivity contribution in [1.82, 2.24) is 0 Å². The van der Waals surface area contributed by atoms with E-state index < -0.39 is 39.1 Å². The molecule has 0 saturated carbocycles. The maximum atomic E-state index is 12.4. The van der Waals surface area contributed by atoms with E-state index in [4.69, 9.17) is 19.3 Å². The highest BCUT2D eigenvalue weighted by atomic mass is 31.2. The molecular formula is C41H69O9P. The Balaban J connectivity index is 4.17. The van der Waals surface area contributed by atoms with Crippen LogP contribution in [-0.4, -0.2) is 46.8 Å². The van der Waals surface area contributed by atoms with Crippen LogP contribution in [0.2, 0.25) is 0 Å². The number of ether oxygens (including phenoxy) is 2. The molecule has 0 unspecified atom stereocenters. The van der Waals surface area contributed by atoms with Gasteiger partial charge in [-0.2, -0.15) is 0 Å². The summed E-state index contributed by atoms with van der Waals surface area (Å²) in [7, 11) is -4.81. The molecular weight excluding hydrogens is 667 g/mol. The molecule has 1 atom stereocenters. The van der Waals surface area contributed by atoms with E-state index in [0.717, 1.165) is 44.9 Å². The van der Waals surface area contributed by atoms with E-state index >= 15 is 0 Å². The fourth-order valence-electron chi connectivity index (χ4n) is 5.03. The van der Waals surface area contributed by atoms with Crippen LogP contribution in [0.15, 0.2) is 60.8 Å². The quantitative estimate of drug-likeness (QED) is 0.0163. The second-order valence-corrected chi connectivity index (χ2v) is 14.2. The first-order valence-electron chi connectivity index (χ1n) is 19.5. The molecule has 0 aromatic carbocycles. The Morgan fingerprint density at radius 1 is 0.569 bits per heavy atom. The lowest BCUT2D eigenvalue weighted by Crippen LogP contribution is -2.29. The molecule has 0 bridgehead atoms. The zero-order chi connectivity index (χ0) is 37.7. The highest BCUT2D eigenvalue weighted by Crippen LogP contribution is 2.36. The van der Waals surface area contributed by atoms with E-state index in [9.17, 15) is 18.9 Å². The first kappa shape index (κ1) is 48.4. The molecule has 0 rings (SSSR count). The number of ketones is 1. The van der Waals surface area contributed by atoms with Crippen molar-refractivity contribution in [1.29, 1.82) is 0 Å². The number of unbranched alkanes of at least 4 members (excludes halogenated alkanes) is 14. The Morgan fingerprint density at radius 2 is 1.08 bits per heavy atom. The highest BCUT2D eigenvalue weighted by molar-refractivity contribution is 7.46. The van der Waals surface area contributed by atoms with Gasteiger partial charge in [-0.25, -0.2) is 4.57 Å². The Hall–Kier alpha value is -2.58. The predicted molar refractivity (Wildman–Crippen MR) is 207 cm³/mol. The van der Waals surface area contributed by atoms with Gasteiger partial charge in [-0.15, -0.1) is 0 Å². The van der Waals surface area contributed by atoms with Gasteiger partial charge in [0.1, 0.15) is 6.61 Å². The van der Waals surface area contributed by atoms with Crippen molar-refractivity contribution < 1.29 is 42.7 Å². The number of rotatable bonds is 35. The average molecular weight is 737 g/mol. The van der Waals surface area contributed by atoms with Gasteiger partial charge >= 0.3 is 19.8 Å². The largest absolute Gasteiger partial charge is 0.469 e. The van der Waals surface area contributed by atoms with Crippen LogP contribution in [0.3, 0.4) is 0 Å². The maximum absolute atomic E-state index is 12.4. The molecule has 292 valence electrons. The molecule has 0 fully saturated rings. The predicted octanol–water partition coefficient (Wildman–Crippen LogP) is 10.9. The first-order chi connectivity index (χ1) is 24.7. The van der Waals surface area contributed by atoms with Crippen molar-refractivity contribution in [3.05, 3.63) is 60.8 Å². The second kappa shape index (κ2) is 35.8. The van der Waals surface area contributed by atoms with E-state index in [-0.39, 0.29) is 31.5 Å². The lowest BCUT2D eigenvalue weighted by Gasteiger charge is -2.18. The number of phosphoric ester groups is 1. The Labute approximate surface area is 309 Å². The van der Waals surface area contributed by atoms with Crippen LogP contribution in [0.1, 0.15) is 162 Å². The van der Waals surface area contributed by atoms with Crippen molar-refractivity contribution in [3.8, 4) is 0 Å². The monoisotopic (exact) mass is 736 g/mol. The molecule has 0 heterocycles. The lowest BCUT2D eigenvalue weighted by molar-refractivity contribution is -0.161. The number of phosphoric acid groups is 1. The smallest absolute Gasteiger partial charge is 0.462 e. The third-order valence-corrected chi connectivity index (χ3v) is 8.47. The molecule has 0 amide bonds. The van der Waals surface area contributed by atoms with Crippen molar-refractivity contribution in [2.45, 2.75) is 168 Å². The summed E-state index contributed by atoms with van der Waals surface area (Å²) in [6.45, 7) is 3.41. The van der Waals surface area contributed by atoms with E-state index in [0.29, 0.717) is 6.42 Å². The highest BCUT2D eigenvalue weighted by Gasteiger charge is 2.23. The summed E-state index contributed by atoms with van der Waals surface area (Å²) in [4.78, 5) is 54.8. The lowest BCUT2D eigenvalue weighted by atomic mass is 10.1. The van der Waals surface area contributed by atoms with Gasteiger partial charge < -0.3 is 19.3 Å². The zero-order valence-electron chi connectivity index (χ0n) is 31.7. The molecule has 0 spiro atoms. The van der Waals surface area contributed by atoms with Crippen LogP contribution in [0.4, 0.5) is 0 Å². The molecule has 0 radical (unpaired) electrons. The Bertz CT molecular complexity index is 1070. The van der Waals surface area contributed by atoms with Crippen molar-refractivity contribution in [2.75, 3.05) is 13.2 Å². The van der Waals surface area contributed by atoms with Crippen LogP contribution in [-0.2, 0) is 32.9 Å². The number of allylic oxidation sites excluding steroid dienone is 10. The van der Waals surface area contributed by atoms with Crippen LogP contribution in [0.5, 0.6) is 0 Å². The van der Waals surface area contributed by atoms with E-state index in [1.54, 1.807) is 6.08 Å². The normalized spacial score (nSPS) is 13.0. The van der Waals surface area contributed by atoms with Gasteiger partial charge in [0.15, 0.2) is 11.9 Å². The molecule has 0 aliphatic rings. The van der Waals surface area contributed by atoms with Gasteiger partial charge in [-0.3, -0.25) is 18.9 Å². The summed E-state index contributed by atoms with van der Waals surface area (Å²) in [6.07, 6.45) is 40.9. The minimum atomic E-state index is -4.81. The SMILES string of the molecule is CCCCC/C=C\C/C=C\C/C=C\C=C\C(=O)CCCC(=O)OC[C@H](COP(=O)(O)O)OC(=O)CCCCCCCCC/C=C\CCCCCC. The summed E-state index contributed by atoms with van der Waals surface area (Å²) in [6, 6.07) is 0. The van der Waals surface area contributed by atoms with Crippen molar-refractivity contribution in [3.63, 3.8) is 0 Å². The molecule has 9 nitrogen and oxygen atoms in total. The van der Waals surface area contributed by atoms with Crippen LogP contribution in [0, 0.1) is 0 Å². The van der Waals surface area contributed by atoms with Gasteiger partial charge in [0.2, 0.25) is 0 Å². The van der Waals surface area contributed by atoms with Crippen molar-refractivity contribution in [2.24, 2.45) is 0 Å². The van der Waals surface area contributed by atoms with E-state index in [1.165, 1.54) is 76.7 Å². The van der Waals surface area contributed by atoms with E-state index in [1.807, 2.05) is 12.2 Å². The second-order valence-electron chi connectivity index (χ2n) is 12.9. The van der Waals surface area contributed by atoms with E-state index in [2.05, 4.69) is 54.8 Å². The maximum Gasteiger partial charge on any atom is 0.469 e. The Kier molecular flexibility index (Phi) is 34.0. The summed E-state index contributed by atoms with van der Waals surface area (Å²) in [5.41, 5.74) is 0. The molecule has 10 heteroatoms. The van der Waals surface area contributed by atoms with Gasteiger partial charge in [-0.1, -0.05) is 133 Å². The molecule has 0 saturated heterocycles. The topological polar surface area (TPSA) is 136 Å². The average Bonchev–Trinajstić information content (AvgIpc) is 3.09. The first-order valence-corrected chi connectivity index (χ1v) is 21.1. The number of hydrogen-bond acceptors (Lipinski definition) is 7. The van der Waals surface area contributed by atoms with Crippen LogP contribution in [0.25, 0.3) is 0 Å². The third-order valence-electron chi connectivity index (χ3n) is 7.99. The van der Waals surface area contributed by atoms with Crippen LogP contribution >= 0.6 is 7.82 Å². The minimum Gasteiger partial charge on any atom is -0.462 e. The summed E-state index contributed by atoms with van der Waals surface area (Å²) in [5.74, 6) is -1.26. The molecule has 0 aromatic heterocycles. The van der Waals surface area contributed by atoms with Crippen LogP contribution < -0.4 is 0 Å². The summed E-state index contributed by atoms with van der Waals surface area (Å²) >= 11 is 0. The zero-order valence-corrected chi connectivity index (χ0v) is 32.6. The minimum absolute atomic E-state index is 0.0247. The van der Waals surface area contributed by atoms with Gasteiger partial charge in [0.25, 0.3) is 0 Å². The van der Waals surface area contributed by atoms with Gasteiger partial charge in [0.05, 0.1) is 6.61 Å². The molecule has 51 heavy (non-hydrogen) atoms. The number of esters is 2. The number of hydrogen-bond donors (Lipinski definition) is 2. The van der Waals surface area contributed by atoms with Crippen molar-refractivity contribution >= 4 is 25.5 Å². The fourth-order valence-corrected chi connectivity index (χ4v) is 5.39. The summed E-state index contributed by atoms with van der Waals surface area (Å²) < 4.78 is 26.1. The number of carbonyl (C=O) groups is 3. The molecule has 0 aliphatic heterocycles. The fraction of sp³-hybridized carbons (Fsp3) is 0.683. The van der Waals surface area contributed by atoms with Gasteiger partial charge in [0, 0.05) is 19.3 Å². The molecule has 0 aliphatic carbocycles. The molecule has 2 N–H and O–H groups in total. The Morgan fingerprint density at radius 3 is 1.73 bits per heavy atom. The summed E-state index contributed by atoms with van der Waals surface area (Å²) in [5, 5.41) is 0. The standard InChI is InChI=1S/C41H69O9P/c1-3-5-7-9-11-13-15-17-18-20-22-24-26-28-30-34-41(44)50-39(37-49-51(45,46)47)36-48-40(43)35-31-33-38(42)32-29-27-25-23-21-19-16-14-12-10-8-6-4-2/h12-15,19,21,25,27,29,32,39H,3-11,16-18,20,22-24,26,28,30-31,33-37H2,1-2H3,(H2,45,46,47)/b14-12-,15-13-,21-19-,27-25-,32-29+/t39-/m1/s1. The molecule has 0 aromatic rings. The number of carbonyl (C=O) groups excluding carboxylic acids is 3.